The summed E-state index contributed by atoms with van der Waals surface area (Å²) in [5, 5.41) is 0. The van der Waals surface area contributed by atoms with E-state index >= 15 is 0 Å². The van der Waals surface area contributed by atoms with Crippen molar-refractivity contribution in [2.45, 2.75) is 6.04 Å². The second-order valence-corrected chi connectivity index (χ2v) is 2.74. The molecule has 14 heavy (non-hydrogen) atoms. The maximum atomic E-state index is 11.1. The van der Waals surface area contributed by atoms with Crippen LogP contribution in [0.25, 0.3) is 0 Å². The molecule has 0 aliphatic heterocycles. The second kappa shape index (κ2) is 4.83. The van der Waals surface area contributed by atoms with Crippen molar-refractivity contribution in [2.75, 3.05) is 7.11 Å². The van der Waals surface area contributed by atoms with E-state index in [-0.39, 0.29) is 12.4 Å². The summed E-state index contributed by atoms with van der Waals surface area (Å²) in [5.41, 5.74) is 12.7. The van der Waals surface area contributed by atoms with Crippen LogP contribution in [-0.4, -0.2) is 19.1 Å². The van der Waals surface area contributed by atoms with Crippen molar-refractivity contribution in [1.29, 1.82) is 0 Å². The molecule has 1 unspecified atom stereocenters. The molecule has 1 aliphatic rings. The normalized spacial score (nSPS) is 20.4. The third kappa shape index (κ3) is 2.16. The zero-order chi connectivity index (χ0) is 10.0. The third-order valence-corrected chi connectivity index (χ3v) is 1.94. The highest BCUT2D eigenvalue weighted by Gasteiger charge is 2.23. The van der Waals surface area contributed by atoms with Gasteiger partial charge in [-0.05, 0) is 17.7 Å². The van der Waals surface area contributed by atoms with E-state index in [9.17, 15) is 4.79 Å². The molecular formula is C9H13ClN2O2. The van der Waals surface area contributed by atoms with Gasteiger partial charge in [0, 0.05) is 5.70 Å². The van der Waals surface area contributed by atoms with Crippen LogP contribution in [0.2, 0.25) is 0 Å². The zero-order valence-electron chi connectivity index (χ0n) is 7.82. The minimum Gasteiger partial charge on any atom is -0.466 e. The Morgan fingerprint density at radius 2 is 2.14 bits per heavy atom. The molecule has 4 N–H and O–H groups in total. The van der Waals surface area contributed by atoms with E-state index in [2.05, 4.69) is 11.3 Å². The fraction of sp³-hybridized carbons (Fsp3) is 0.222. The number of ether oxygens (including phenoxy) is 1. The number of methoxy groups -OCH3 is 1. The molecule has 5 heteroatoms. The number of carbonyl (C=O) groups is 1. The van der Waals surface area contributed by atoms with Gasteiger partial charge in [0.15, 0.2) is 0 Å². The van der Waals surface area contributed by atoms with Crippen molar-refractivity contribution in [3.8, 4) is 0 Å². The number of hydrogen-bond donors (Lipinski definition) is 2. The largest absolute Gasteiger partial charge is 0.466 e. The van der Waals surface area contributed by atoms with Gasteiger partial charge in [0.05, 0.1) is 18.7 Å². The van der Waals surface area contributed by atoms with Gasteiger partial charge in [0.2, 0.25) is 0 Å². The van der Waals surface area contributed by atoms with Crippen LogP contribution in [0.15, 0.2) is 35.6 Å². The van der Waals surface area contributed by atoms with Crippen LogP contribution in [0.5, 0.6) is 0 Å². The molecule has 0 aromatic rings. The van der Waals surface area contributed by atoms with Gasteiger partial charge in [-0.2, -0.15) is 0 Å². The first-order valence-electron chi connectivity index (χ1n) is 3.78. The number of rotatable bonds is 1. The first-order chi connectivity index (χ1) is 6.07. The number of esters is 1. The minimum atomic E-state index is -0.558. The van der Waals surface area contributed by atoms with E-state index in [1.54, 1.807) is 12.2 Å². The summed E-state index contributed by atoms with van der Waals surface area (Å²) in [7, 11) is 1.31. The lowest BCUT2D eigenvalue weighted by Crippen LogP contribution is -2.33. The number of allylic oxidation sites excluding steroid dienone is 2. The van der Waals surface area contributed by atoms with Crippen molar-refractivity contribution in [3.63, 3.8) is 0 Å². The Labute approximate surface area is 88.7 Å². The topological polar surface area (TPSA) is 78.3 Å². The van der Waals surface area contributed by atoms with Crippen LogP contribution in [-0.2, 0) is 9.53 Å². The molecule has 0 heterocycles. The van der Waals surface area contributed by atoms with Gasteiger partial charge in [-0.15, -0.1) is 12.4 Å². The molecular weight excluding hydrogens is 204 g/mol. The molecule has 1 aliphatic carbocycles. The zero-order valence-corrected chi connectivity index (χ0v) is 8.64. The van der Waals surface area contributed by atoms with Crippen molar-refractivity contribution >= 4 is 18.4 Å². The Morgan fingerprint density at radius 3 is 2.64 bits per heavy atom. The van der Waals surface area contributed by atoms with E-state index < -0.39 is 12.0 Å². The summed E-state index contributed by atoms with van der Waals surface area (Å²) < 4.78 is 4.55. The van der Waals surface area contributed by atoms with E-state index in [1.165, 1.54) is 7.11 Å². The average Bonchev–Trinajstić information content (AvgIpc) is 2.13. The lowest BCUT2D eigenvalue weighted by atomic mass is 9.93. The van der Waals surface area contributed by atoms with E-state index in [1.807, 2.05) is 0 Å². The molecule has 0 aromatic heterocycles. The molecule has 1 atom stereocenters. The van der Waals surface area contributed by atoms with E-state index in [4.69, 9.17) is 11.5 Å². The molecule has 1 rings (SSSR count). The summed E-state index contributed by atoms with van der Waals surface area (Å²) >= 11 is 0. The van der Waals surface area contributed by atoms with Crippen molar-refractivity contribution < 1.29 is 9.53 Å². The second-order valence-electron chi connectivity index (χ2n) is 2.74. The Kier molecular flexibility index (Phi) is 4.40. The van der Waals surface area contributed by atoms with E-state index in [0.717, 1.165) is 0 Å². The van der Waals surface area contributed by atoms with Crippen molar-refractivity contribution in [2.24, 2.45) is 11.5 Å². The summed E-state index contributed by atoms with van der Waals surface area (Å²) in [6.45, 7) is 3.68. The maximum Gasteiger partial charge on any atom is 0.335 e. The monoisotopic (exact) mass is 216 g/mol. The Bertz CT molecular complexity index is 321. The number of nitrogens with two attached hydrogens (primary N) is 2. The summed E-state index contributed by atoms with van der Waals surface area (Å²) in [5.74, 6) is -0.447. The fourth-order valence-corrected chi connectivity index (χ4v) is 1.07. The number of carbonyl (C=O) groups excluding carboxylic acids is 1. The maximum absolute atomic E-state index is 11.1. The molecule has 0 amide bonds. The van der Waals surface area contributed by atoms with Crippen molar-refractivity contribution in [1.82, 2.24) is 0 Å². The predicted octanol–water partition coefficient (Wildman–Crippen LogP) is 0.247. The molecule has 0 fully saturated rings. The molecule has 0 aromatic carbocycles. The van der Waals surface area contributed by atoms with Crippen LogP contribution < -0.4 is 11.5 Å². The highest BCUT2D eigenvalue weighted by Crippen LogP contribution is 2.19. The van der Waals surface area contributed by atoms with Gasteiger partial charge >= 0.3 is 5.97 Å². The first-order valence-corrected chi connectivity index (χ1v) is 3.78. The SMILES string of the molecule is C=C1C(N)=CC=C(C(=O)OC)C1N.Cl. The Hall–Kier alpha value is -1.26. The quantitative estimate of drug-likeness (QED) is 0.616. The Balaban J connectivity index is 0.00000169. The lowest BCUT2D eigenvalue weighted by molar-refractivity contribution is -0.136. The van der Waals surface area contributed by atoms with Crippen LogP contribution in [0.1, 0.15) is 0 Å². The standard InChI is InChI=1S/C9H12N2O2.ClH/c1-5-7(10)4-3-6(8(5)11)9(12)13-2;/h3-4,8H,1,10-11H2,2H3;1H. The predicted molar refractivity (Wildman–Crippen MR) is 56.7 cm³/mol. The minimum absolute atomic E-state index is 0. The van der Waals surface area contributed by atoms with Crippen LogP contribution in [0, 0.1) is 0 Å². The molecule has 0 radical (unpaired) electrons. The molecule has 0 bridgehead atoms. The van der Waals surface area contributed by atoms with Gasteiger partial charge < -0.3 is 16.2 Å². The summed E-state index contributed by atoms with van der Waals surface area (Å²) in [6, 6.07) is -0.558. The van der Waals surface area contributed by atoms with Gasteiger partial charge in [0.25, 0.3) is 0 Å². The highest BCUT2D eigenvalue weighted by atomic mass is 35.5. The van der Waals surface area contributed by atoms with Gasteiger partial charge in [0.1, 0.15) is 0 Å². The fourth-order valence-electron chi connectivity index (χ4n) is 1.07. The summed E-state index contributed by atoms with van der Waals surface area (Å²) in [6.07, 6.45) is 3.15. The van der Waals surface area contributed by atoms with Gasteiger partial charge in [-0.3, -0.25) is 0 Å². The average molecular weight is 217 g/mol. The van der Waals surface area contributed by atoms with Crippen molar-refractivity contribution in [3.05, 3.63) is 35.6 Å². The lowest BCUT2D eigenvalue weighted by Gasteiger charge is -2.20. The van der Waals surface area contributed by atoms with Gasteiger partial charge in [-0.25, -0.2) is 4.79 Å². The molecule has 0 saturated heterocycles. The molecule has 0 spiro atoms. The summed E-state index contributed by atoms with van der Waals surface area (Å²) in [4.78, 5) is 11.1. The highest BCUT2D eigenvalue weighted by molar-refractivity contribution is 5.91. The van der Waals surface area contributed by atoms with Gasteiger partial charge in [-0.1, -0.05) is 6.58 Å². The number of hydrogen-bond acceptors (Lipinski definition) is 4. The smallest absolute Gasteiger partial charge is 0.335 e. The van der Waals surface area contributed by atoms with Crippen LogP contribution in [0.3, 0.4) is 0 Å². The van der Waals surface area contributed by atoms with Crippen LogP contribution in [0.4, 0.5) is 0 Å². The molecule has 0 saturated carbocycles. The van der Waals surface area contributed by atoms with E-state index in [0.29, 0.717) is 16.8 Å². The molecule has 4 nitrogen and oxygen atoms in total. The third-order valence-electron chi connectivity index (χ3n) is 1.94. The number of halogens is 1. The Morgan fingerprint density at radius 1 is 1.57 bits per heavy atom. The van der Waals surface area contributed by atoms with Crippen LogP contribution >= 0.6 is 12.4 Å². The first kappa shape index (κ1) is 12.7. The molecule has 78 valence electrons.